The fraction of sp³-hybridized carbons (Fsp3) is 0.579. The number of nitrogens with zero attached hydrogens (tertiary/aromatic N) is 5. The first-order valence-electron chi connectivity index (χ1n) is 9.43. The van der Waals surface area contributed by atoms with Gasteiger partial charge in [-0.25, -0.2) is 0 Å². The van der Waals surface area contributed by atoms with Crippen LogP contribution in [-0.2, 0) is 16.1 Å². The second-order valence-electron chi connectivity index (χ2n) is 7.32. The lowest BCUT2D eigenvalue weighted by Gasteiger charge is -2.44. The highest BCUT2D eigenvalue weighted by molar-refractivity contribution is 5.76. The van der Waals surface area contributed by atoms with Crippen molar-refractivity contribution in [1.29, 1.82) is 0 Å². The van der Waals surface area contributed by atoms with E-state index in [4.69, 9.17) is 4.74 Å². The molecule has 2 aliphatic rings. The van der Waals surface area contributed by atoms with E-state index >= 15 is 0 Å². The van der Waals surface area contributed by atoms with Crippen molar-refractivity contribution in [3.8, 4) is 11.4 Å². The van der Waals surface area contributed by atoms with E-state index < -0.39 is 0 Å². The Morgan fingerprint density at radius 2 is 1.81 bits per heavy atom. The summed E-state index contributed by atoms with van der Waals surface area (Å²) in [5, 5.41) is 12.5. The molecule has 138 valence electrons. The molecule has 2 fully saturated rings. The summed E-state index contributed by atoms with van der Waals surface area (Å²) in [5.74, 6) is 0.781. The minimum Gasteiger partial charge on any atom is -0.381 e. The van der Waals surface area contributed by atoms with Gasteiger partial charge >= 0.3 is 0 Å². The first-order valence-corrected chi connectivity index (χ1v) is 9.43. The number of carbonyl (C=O) groups is 1. The number of hydrogen-bond donors (Lipinski definition) is 0. The van der Waals surface area contributed by atoms with Crippen LogP contribution in [-0.4, -0.2) is 57.3 Å². The van der Waals surface area contributed by atoms with Gasteiger partial charge in [0.1, 0.15) is 0 Å². The number of piperidine rings is 1. The first-order chi connectivity index (χ1) is 12.7. The molecule has 0 aliphatic carbocycles. The van der Waals surface area contributed by atoms with E-state index in [0.717, 1.165) is 57.6 Å². The van der Waals surface area contributed by atoms with Crippen molar-refractivity contribution in [2.75, 3.05) is 26.3 Å². The third-order valence-electron chi connectivity index (χ3n) is 5.74. The Morgan fingerprint density at radius 3 is 2.54 bits per heavy atom. The van der Waals surface area contributed by atoms with E-state index in [1.54, 1.807) is 0 Å². The Hall–Kier alpha value is -2.28. The average Bonchev–Trinajstić information content (AvgIpc) is 3.17. The molecule has 1 aromatic carbocycles. The molecule has 3 heterocycles. The van der Waals surface area contributed by atoms with E-state index in [1.165, 1.54) is 4.80 Å². The van der Waals surface area contributed by atoms with Crippen molar-refractivity contribution in [1.82, 2.24) is 25.1 Å². The molecule has 1 aromatic heterocycles. The maximum atomic E-state index is 12.5. The third kappa shape index (κ3) is 3.77. The van der Waals surface area contributed by atoms with Gasteiger partial charge in [-0.2, -0.15) is 4.80 Å². The number of carbonyl (C=O) groups excluding carboxylic acids is 1. The normalized spacial score (nSPS) is 19.6. The number of hydrogen-bond acceptors (Lipinski definition) is 5. The molecular weight excluding hydrogens is 330 g/mol. The van der Waals surface area contributed by atoms with Gasteiger partial charge in [0, 0.05) is 38.3 Å². The number of aryl methyl sites for hydroxylation is 1. The molecular formula is C19H25N5O2. The molecule has 2 aliphatic heterocycles. The van der Waals surface area contributed by atoms with Crippen LogP contribution in [0.5, 0.6) is 0 Å². The number of aromatic nitrogens is 4. The van der Waals surface area contributed by atoms with E-state index in [9.17, 15) is 4.79 Å². The number of likely N-dealkylation sites (tertiary alicyclic amines) is 1. The Kier molecular flexibility index (Phi) is 4.97. The molecule has 0 atom stereocenters. The fourth-order valence-corrected chi connectivity index (χ4v) is 3.93. The molecule has 0 unspecified atom stereocenters. The third-order valence-corrected chi connectivity index (χ3v) is 5.74. The van der Waals surface area contributed by atoms with Gasteiger partial charge in [-0.05, 0) is 36.3 Å². The maximum absolute atomic E-state index is 12.5. The molecule has 7 nitrogen and oxygen atoms in total. The Balaban J connectivity index is 1.28. The second kappa shape index (κ2) is 7.53. The van der Waals surface area contributed by atoms with Crippen LogP contribution in [0.2, 0.25) is 0 Å². The number of amides is 1. The van der Waals surface area contributed by atoms with Crippen LogP contribution in [0.25, 0.3) is 11.4 Å². The summed E-state index contributed by atoms with van der Waals surface area (Å²) >= 11 is 0. The zero-order chi connectivity index (χ0) is 17.8. The minimum atomic E-state index is 0.186. The van der Waals surface area contributed by atoms with Gasteiger partial charge in [-0.15, -0.1) is 10.2 Å². The highest BCUT2D eigenvalue weighted by Gasteiger charge is 2.36. The molecule has 4 rings (SSSR count). The number of rotatable bonds is 4. The van der Waals surface area contributed by atoms with Gasteiger partial charge in [0.15, 0.2) is 0 Å². The van der Waals surface area contributed by atoms with Gasteiger partial charge in [-0.1, -0.05) is 30.3 Å². The Morgan fingerprint density at radius 1 is 1.08 bits per heavy atom. The SMILES string of the molecule is O=C(CCn1nnc(-c2ccccc2)n1)N1CCC2(CCOCC2)CC1. The van der Waals surface area contributed by atoms with E-state index in [2.05, 4.69) is 15.4 Å². The number of benzene rings is 1. The summed E-state index contributed by atoms with van der Waals surface area (Å²) in [4.78, 5) is 16.0. The zero-order valence-corrected chi connectivity index (χ0v) is 15.0. The molecule has 7 heteroatoms. The monoisotopic (exact) mass is 355 g/mol. The van der Waals surface area contributed by atoms with Crippen LogP contribution in [0.4, 0.5) is 0 Å². The molecule has 2 saturated heterocycles. The molecule has 0 radical (unpaired) electrons. The van der Waals surface area contributed by atoms with E-state index in [0.29, 0.717) is 24.2 Å². The molecule has 2 aromatic rings. The van der Waals surface area contributed by atoms with Crippen LogP contribution in [0.15, 0.2) is 30.3 Å². The van der Waals surface area contributed by atoms with Gasteiger partial charge in [0.25, 0.3) is 0 Å². The lowest BCUT2D eigenvalue weighted by molar-refractivity contribution is -0.135. The van der Waals surface area contributed by atoms with E-state index in [-0.39, 0.29) is 5.91 Å². The van der Waals surface area contributed by atoms with Gasteiger partial charge in [0.05, 0.1) is 6.54 Å². The summed E-state index contributed by atoms with van der Waals surface area (Å²) in [7, 11) is 0. The molecule has 0 bridgehead atoms. The maximum Gasteiger partial charge on any atom is 0.224 e. The first kappa shape index (κ1) is 17.1. The lowest BCUT2D eigenvalue weighted by atomic mass is 9.72. The van der Waals surface area contributed by atoms with Crippen LogP contribution >= 0.6 is 0 Å². The topological polar surface area (TPSA) is 73.1 Å². The van der Waals surface area contributed by atoms with Crippen molar-refractivity contribution >= 4 is 5.91 Å². The summed E-state index contributed by atoms with van der Waals surface area (Å²) in [6.07, 6.45) is 4.89. The van der Waals surface area contributed by atoms with Crippen LogP contribution in [0.3, 0.4) is 0 Å². The van der Waals surface area contributed by atoms with Crippen LogP contribution in [0, 0.1) is 5.41 Å². The van der Waals surface area contributed by atoms with Gasteiger partial charge in [-0.3, -0.25) is 4.79 Å². The molecule has 26 heavy (non-hydrogen) atoms. The summed E-state index contributed by atoms with van der Waals surface area (Å²) in [6, 6.07) is 9.75. The highest BCUT2D eigenvalue weighted by Crippen LogP contribution is 2.40. The fourth-order valence-electron chi connectivity index (χ4n) is 3.93. The lowest BCUT2D eigenvalue weighted by Crippen LogP contribution is -2.45. The minimum absolute atomic E-state index is 0.186. The highest BCUT2D eigenvalue weighted by atomic mass is 16.5. The van der Waals surface area contributed by atoms with E-state index in [1.807, 2.05) is 35.2 Å². The number of ether oxygens (including phenoxy) is 1. The summed E-state index contributed by atoms with van der Waals surface area (Å²) in [5.41, 5.74) is 1.34. The largest absolute Gasteiger partial charge is 0.381 e. The summed E-state index contributed by atoms with van der Waals surface area (Å²) < 4.78 is 5.49. The standard InChI is InChI=1S/C19H25N5O2/c25-17(23-12-7-19(8-13-23)9-14-26-15-10-19)6-11-24-21-18(20-22-24)16-4-2-1-3-5-16/h1-5H,6-15H2. The second-order valence-corrected chi connectivity index (χ2v) is 7.32. The van der Waals surface area contributed by atoms with Crippen LogP contribution in [0.1, 0.15) is 32.1 Å². The smallest absolute Gasteiger partial charge is 0.224 e. The molecule has 0 saturated carbocycles. The van der Waals surface area contributed by atoms with Crippen molar-refractivity contribution in [3.63, 3.8) is 0 Å². The van der Waals surface area contributed by atoms with Crippen molar-refractivity contribution in [3.05, 3.63) is 30.3 Å². The predicted molar refractivity (Wildman–Crippen MR) is 96.2 cm³/mol. The van der Waals surface area contributed by atoms with Gasteiger partial charge < -0.3 is 9.64 Å². The molecule has 0 N–H and O–H groups in total. The average molecular weight is 355 g/mol. The van der Waals surface area contributed by atoms with Crippen LogP contribution < -0.4 is 0 Å². The Bertz CT molecular complexity index is 729. The summed E-state index contributed by atoms with van der Waals surface area (Å²) in [6.45, 7) is 3.93. The van der Waals surface area contributed by atoms with Crippen molar-refractivity contribution < 1.29 is 9.53 Å². The Labute approximate surface area is 153 Å². The zero-order valence-electron chi connectivity index (χ0n) is 15.0. The van der Waals surface area contributed by atoms with Gasteiger partial charge in [0.2, 0.25) is 11.7 Å². The molecule has 1 amide bonds. The van der Waals surface area contributed by atoms with Crippen molar-refractivity contribution in [2.45, 2.75) is 38.6 Å². The molecule has 1 spiro atoms. The quantitative estimate of drug-likeness (QED) is 0.840. The number of tetrazole rings is 1. The van der Waals surface area contributed by atoms with Crippen molar-refractivity contribution in [2.24, 2.45) is 5.41 Å². The predicted octanol–water partition coefficient (Wildman–Crippen LogP) is 2.15.